The average Bonchev–Trinajstić information content (AvgIpc) is 2.35. The second-order valence-electron chi connectivity index (χ2n) is 5.20. The van der Waals surface area contributed by atoms with Crippen molar-refractivity contribution in [3.63, 3.8) is 0 Å². The molecule has 1 aromatic rings. The molecule has 0 fully saturated rings. The molecule has 0 aliphatic rings. The predicted molar refractivity (Wildman–Crippen MR) is 81.7 cm³/mol. The summed E-state index contributed by atoms with van der Waals surface area (Å²) in [4.78, 5) is 22.1. The molecule has 1 rings (SSSR count). The topological polar surface area (TPSA) is 110 Å². The molecule has 2 N–H and O–H groups in total. The highest BCUT2D eigenvalue weighted by atomic mass is 32.2. The summed E-state index contributed by atoms with van der Waals surface area (Å²) < 4.78 is 28.4. The molecule has 1 aromatic carbocycles. The van der Waals surface area contributed by atoms with Crippen molar-refractivity contribution in [2.24, 2.45) is 5.92 Å². The van der Waals surface area contributed by atoms with Gasteiger partial charge in [0.05, 0.1) is 5.75 Å². The van der Waals surface area contributed by atoms with Gasteiger partial charge in [0, 0.05) is 5.69 Å². The van der Waals surface area contributed by atoms with Crippen molar-refractivity contribution >= 4 is 27.4 Å². The summed E-state index contributed by atoms with van der Waals surface area (Å²) >= 11 is 0. The van der Waals surface area contributed by atoms with Gasteiger partial charge in [-0.25, -0.2) is 13.2 Å². The molecular formula is C14H19NO6S. The lowest BCUT2D eigenvalue weighted by molar-refractivity contribution is -0.139. The van der Waals surface area contributed by atoms with E-state index >= 15 is 0 Å². The number of hydrogen-bond acceptors (Lipinski definition) is 5. The van der Waals surface area contributed by atoms with Crippen molar-refractivity contribution in [2.45, 2.75) is 13.8 Å². The summed E-state index contributed by atoms with van der Waals surface area (Å²) in [6.45, 7) is 3.08. The Morgan fingerprint density at radius 1 is 1.23 bits per heavy atom. The molecule has 7 nitrogen and oxygen atoms in total. The molecule has 1 amide bonds. The standard InChI is InChI=1S/C14H19NO6S/c1-10(2)8-22(19,20)9-13(16)15-11-3-5-12(6-4-11)21-7-14(17)18/h3-6,10H,7-9H2,1-2H3,(H,15,16)(H,17,18). The number of hydrogen-bond donors (Lipinski definition) is 2. The van der Waals surface area contributed by atoms with E-state index in [9.17, 15) is 18.0 Å². The lowest BCUT2D eigenvalue weighted by Crippen LogP contribution is -2.26. The van der Waals surface area contributed by atoms with Gasteiger partial charge >= 0.3 is 5.97 Å². The van der Waals surface area contributed by atoms with Crippen LogP contribution in [-0.2, 0) is 19.4 Å². The maximum Gasteiger partial charge on any atom is 0.341 e. The zero-order chi connectivity index (χ0) is 16.8. The number of ether oxygens (including phenoxy) is 1. The maximum atomic E-state index is 11.7. The molecule has 0 aromatic heterocycles. The van der Waals surface area contributed by atoms with Crippen LogP contribution in [0.3, 0.4) is 0 Å². The van der Waals surface area contributed by atoms with E-state index in [0.29, 0.717) is 11.4 Å². The van der Waals surface area contributed by atoms with Gasteiger partial charge in [-0.3, -0.25) is 4.79 Å². The Balaban J connectivity index is 2.56. The van der Waals surface area contributed by atoms with Gasteiger partial charge in [-0.2, -0.15) is 0 Å². The minimum Gasteiger partial charge on any atom is -0.482 e. The third-order valence-electron chi connectivity index (χ3n) is 2.44. The van der Waals surface area contributed by atoms with Crippen LogP contribution in [0.1, 0.15) is 13.8 Å². The van der Waals surface area contributed by atoms with E-state index < -0.39 is 34.1 Å². The summed E-state index contributed by atoms with van der Waals surface area (Å²) in [5, 5.41) is 11.0. The first-order valence-corrected chi connectivity index (χ1v) is 8.45. The molecule has 0 bridgehead atoms. The van der Waals surface area contributed by atoms with Crippen molar-refractivity contribution < 1.29 is 27.9 Å². The van der Waals surface area contributed by atoms with Gasteiger partial charge < -0.3 is 15.2 Å². The molecule has 0 spiro atoms. The van der Waals surface area contributed by atoms with E-state index in [-0.39, 0.29) is 11.7 Å². The normalized spacial score (nSPS) is 11.2. The van der Waals surface area contributed by atoms with Gasteiger partial charge in [-0.15, -0.1) is 0 Å². The number of aliphatic carboxylic acids is 1. The Bertz CT molecular complexity index is 621. The third kappa shape index (κ3) is 7.07. The number of anilines is 1. The Labute approximate surface area is 129 Å². The van der Waals surface area contributed by atoms with Crippen LogP contribution in [0.15, 0.2) is 24.3 Å². The monoisotopic (exact) mass is 329 g/mol. The summed E-state index contributed by atoms with van der Waals surface area (Å²) in [6.07, 6.45) is 0. The highest BCUT2D eigenvalue weighted by molar-refractivity contribution is 7.92. The molecule has 22 heavy (non-hydrogen) atoms. The highest BCUT2D eigenvalue weighted by Crippen LogP contribution is 2.15. The van der Waals surface area contributed by atoms with Crippen LogP contribution in [0.5, 0.6) is 5.75 Å². The Morgan fingerprint density at radius 3 is 2.32 bits per heavy atom. The van der Waals surface area contributed by atoms with Crippen LogP contribution in [0.25, 0.3) is 0 Å². The van der Waals surface area contributed by atoms with Crippen LogP contribution in [0, 0.1) is 5.92 Å². The van der Waals surface area contributed by atoms with Crippen LogP contribution in [-0.4, -0.2) is 43.5 Å². The Kier molecular flexibility index (Phi) is 6.36. The molecule has 0 saturated carbocycles. The van der Waals surface area contributed by atoms with Gasteiger partial charge in [0.2, 0.25) is 5.91 Å². The number of amides is 1. The Hall–Kier alpha value is -2.09. The molecule has 0 unspecified atom stereocenters. The van der Waals surface area contributed by atoms with E-state index in [0.717, 1.165) is 0 Å². The second kappa shape index (κ2) is 7.79. The van der Waals surface area contributed by atoms with Gasteiger partial charge in [-0.1, -0.05) is 13.8 Å². The van der Waals surface area contributed by atoms with Crippen LogP contribution in [0.2, 0.25) is 0 Å². The number of rotatable bonds is 8. The Morgan fingerprint density at radius 2 is 1.82 bits per heavy atom. The van der Waals surface area contributed by atoms with Crippen LogP contribution >= 0.6 is 0 Å². The number of carboxylic acid groups (broad SMARTS) is 1. The van der Waals surface area contributed by atoms with E-state index in [1.807, 2.05) is 0 Å². The van der Waals surface area contributed by atoms with E-state index in [1.54, 1.807) is 13.8 Å². The molecule has 0 aliphatic heterocycles. The average molecular weight is 329 g/mol. The molecule has 0 heterocycles. The molecule has 0 saturated heterocycles. The number of carbonyl (C=O) groups is 2. The van der Waals surface area contributed by atoms with Crippen molar-refractivity contribution in [1.82, 2.24) is 0 Å². The largest absolute Gasteiger partial charge is 0.482 e. The number of carboxylic acids is 1. The SMILES string of the molecule is CC(C)CS(=O)(=O)CC(=O)Nc1ccc(OCC(=O)O)cc1. The van der Waals surface area contributed by atoms with E-state index in [4.69, 9.17) is 9.84 Å². The van der Waals surface area contributed by atoms with Crippen LogP contribution in [0.4, 0.5) is 5.69 Å². The number of benzene rings is 1. The lowest BCUT2D eigenvalue weighted by Gasteiger charge is -2.09. The van der Waals surface area contributed by atoms with Crippen molar-refractivity contribution in [3.8, 4) is 5.75 Å². The molecule has 122 valence electrons. The predicted octanol–water partition coefficient (Wildman–Crippen LogP) is 1.16. The van der Waals surface area contributed by atoms with Gasteiger partial charge in [0.15, 0.2) is 16.4 Å². The van der Waals surface area contributed by atoms with Crippen molar-refractivity contribution in [3.05, 3.63) is 24.3 Å². The minimum absolute atomic E-state index is 0.0385. The van der Waals surface area contributed by atoms with Crippen LogP contribution < -0.4 is 10.1 Å². The third-order valence-corrected chi connectivity index (χ3v) is 4.32. The number of carbonyl (C=O) groups excluding carboxylic acids is 1. The highest BCUT2D eigenvalue weighted by Gasteiger charge is 2.18. The molecular weight excluding hydrogens is 310 g/mol. The van der Waals surface area contributed by atoms with Crippen molar-refractivity contribution in [1.29, 1.82) is 0 Å². The zero-order valence-electron chi connectivity index (χ0n) is 12.4. The number of nitrogens with one attached hydrogen (secondary N) is 1. The fourth-order valence-electron chi connectivity index (χ4n) is 1.74. The van der Waals surface area contributed by atoms with Gasteiger partial charge in [0.1, 0.15) is 11.5 Å². The second-order valence-corrected chi connectivity index (χ2v) is 7.31. The lowest BCUT2D eigenvalue weighted by atomic mass is 10.3. The first-order valence-electron chi connectivity index (χ1n) is 6.63. The van der Waals surface area contributed by atoms with Crippen molar-refractivity contribution in [2.75, 3.05) is 23.4 Å². The summed E-state index contributed by atoms with van der Waals surface area (Å²) in [6, 6.07) is 5.98. The fraction of sp³-hybridized carbons (Fsp3) is 0.429. The maximum absolute atomic E-state index is 11.7. The first kappa shape index (κ1) is 18.0. The first-order chi connectivity index (χ1) is 10.2. The van der Waals surface area contributed by atoms with E-state index in [2.05, 4.69) is 5.32 Å². The quantitative estimate of drug-likeness (QED) is 0.740. The smallest absolute Gasteiger partial charge is 0.341 e. The minimum atomic E-state index is -3.43. The van der Waals surface area contributed by atoms with Gasteiger partial charge in [-0.05, 0) is 30.2 Å². The molecule has 0 radical (unpaired) electrons. The van der Waals surface area contributed by atoms with E-state index in [1.165, 1.54) is 24.3 Å². The molecule has 0 aliphatic carbocycles. The fourth-order valence-corrected chi connectivity index (χ4v) is 3.35. The molecule has 0 atom stereocenters. The summed E-state index contributed by atoms with van der Waals surface area (Å²) in [5.41, 5.74) is 0.410. The number of sulfone groups is 1. The summed E-state index contributed by atoms with van der Waals surface area (Å²) in [5.74, 6) is -2.01. The summed E-state index contributed by atoms with van der Waals surface area (Å²) in [7, 11) is -3.43. The zero-order valence-corrected chi connectivity index (χ0v) is 13.2. The van der Waals surface area contributed by atoms with Gasteiger partial charge in [0.25, 0.3) is 0 Å². The molecule has 8 heteroatoms.